The second-order valence-electron chi connectivity index (χ2n) is 8.80. The van der Waals surface area contributed by atoms with Crippen LogP contribution in [0.1, 0.15) is 31.5 Å². The van der Waals surface area contributed by atoms with Gasteiger partial charge in [-0.15, -0.1) is 0 Å². The van der Waals surface area contributed by atoms with Crippen molar-refractivity contribution in [2.24, 2.45) is 16.5 Å². The summed E-state index contributed by atoms with van der Waals surface area (Å²) in [5, 5.41) is 16.7. The third-order valence-electron chi connectivity index (χ3n) is 5.85. The van der Waals surface area contributed by atoms with E-state index in [1.165, 1.54) is 4.57 Å². The van der Waals surface area contributed by atoms with Crippen LogP contribution in [-0.4, -0.2) is 57.2 Å². The first-order chi connectivity index (χ1) is 18.3. The van der Waals surface area contributed by atoms with Gasteiger partial charge >= 0.3 is 5.69 Å². The van der Waals surface area contributed by atoms with Crippen molar-refractivity contribution in [1.82, 2.24) is 25.2 Å². The maximum atomic E-state index is 12.7. The van der Waals surface area contributed by atoms with Gasteiger partial charge in [-0.05, 0) is 50.6 Å². The van der Waals surface area contributed by atoms with Crippen LogP contribution >= 0.6 is 0 Å². The van der Waals surface area contributed by atoms with Crippen LogP contribution < -0.4 is 27.8 Å². The Kier molecular flexibility index (Phi) is 10.4. The second-order valence-corrected chi connectivity index (χ2v) is 8.80. The molecule has 1 aromatic carbocycles. The Bertz CT molecular complexity index is 1370. The molecule has 0 aliphatic heterocycles. The standard InChI is InChI=1S/C27H36N8O3/c1-3-6-19(4-2)25(37)33-22(17-36)14-21-13-20-16-35(27(38)34-24(20)32-21)23-9-7-18(8-10-23)15-30-11-5-12-31-26(28)29/h3-4,6-10,13,16,22,30,36H,5,11-12,14-15,17H2,1-2H3,(H,33,37)(H4,28,29,31)(H,32,34,38)/b6-3-,19-4+/t22-/m0/s1. The highest BCUT2D eigenvalue weighted by molar-refractivity contribution is 5.96. The largest absolute Gasteiger partial charge is 0.394 e. The number of amides is 1. The number of carbonyl (C=O) groups is 1. The number of nitrogens with zero attached hydrogens (tertiary/aromatic N) is 3. The van der Waals surface area contributed by atoms with Crippen molar-refractivity contribution < 1.29 is 9.90 Å². The molecule has 0 spiro atoms. The lowest BCUT2D eigenvalue weighted by Crippen LogP contribution is -2.39. The smallest absolute Gasteiger partial charge is 0.354 e. The molecule has 11 nitrogen and oxygen atoms in total. The molecule has 0 bridgehead atoms. The molecule has 0 fully saturated rings. The minimum atomic E-state index is -0.498. The number of nitrogens with two attached hydrogens (primary N) is 2. The van der Waals surface area contributed by atoms with Gasteiger partial charge in [-0.2, -0.15) is 4.98 Å². The molecule has 3 aromatic rings. The summed E-state index contributed by atoms with van der Waals surface area (Å²) in [6, 6.07) is 9.04. The van der Waals surface area contributed by atoms with Gasteiger partial charge in [0.2, 0.25) is 0 Å². The zero-order valence-electron chi connectivity index (χ0n) is 21.8. The molecule has 1 atom stereocenters. The molecule has 11 heteroatoms. The fourth-order valence-corrected chi connectivity index (χ4v) is 3.94. The number of guanidine groups is 1. The van der Waals surface area contributed by atoms with Gasteiger partial charge in [0.25, 0.3) is 5.91 Å². The molecule has 0 aliphatic carbocycles. The van der Waals surface area contributed by atoms with Gasteiger partial charge in [-0.25, -0.2) is 4.79 Å². The van der Waals surface area contributed by atoms with Crippen LogP contribution in [0.4, 0.5) is 0 Å². The number of rotatable bonds is 13. The first-order valence-electron chi connectivity index (χ1n) is 12.5. The third-order valence-corrected chi connectivity index (χ3v) is 5.85. The number of carbonyl (C=O) groups excluding carboxylic acids is 1. The first kappa shape index (κ1) is 28.4. The number of aliphatic hydroxyl groups is 1. The molecule has 38 heavy (non-hydrogen) atoms. The molecule has 0 unspecified atom stereocenters. The topological polar surface area (TPSA) is 176 Å². The number of allylic oxidation sites excluding steroid dienone is 2. The Balaban J connectivity index is 1.67. The Morgan fingerprint density at radius 3 is 2.68 bits per heavy atom. The van der Waals surface area contributed by atoms with E-state index in [-0.39, 0.29) is 18.5 Å². The van der Waals surface area contributed by atoms with E-state index in [9.17, 15) is 14.7 Å². The normalized spacial score (nSPS) is 12.7. The van der Waals surface area contributed by atoms with Crippen LogP contribution in [0, 0.1) is 0 Å². The average molecular weight is 521 g/mol. The SMILES string of the molecule is C/C=C\C(=C/C)C(=O)N[C@H](CO)Cc1cc2cn(-c3ccc(CNCCCN=C(N)N)cc3)c(=O)nc2[nH]1. The highest BCUT2D eigenvalue weighted by Gasteiger charge is 2.16. The van der Waals surface area contributed by atoms with Crippen LogP contribution in [0.15, 0.2) is 70.1 Å². The van der Waals surface area contributed by atoms with Crippen LogP contribution in [0.3, 0.4) is 0 Å². The van der Waals surface area contributed by atoms with Crippen LogP contribution in [-0.2, 0) is 17.8 Å². The lowest BCUT2D eigenvalue weighted by atomic mass is 10.1. The van der Waals surface area contributed by atoms with Crippen molar-refractivity contribution in [2.45, 2.75) is 39.3 Å². The quantitative estimate of drug-likeness (QED) is 0.0640. The minimum absolute atomic E-state index is 0.0982. The summed E-state index contributed by atoms with van der Waals surface area (Å²) in [6.45, 7) is 5.43. The second kappa shape index (κ2) is 13.9. The molecule has 8 N–H and O–H groups in total. The summed E-state index contributed by atoms with van der Waals surface area (Å²) < 4.78 is 1.49. The van der Waals surface area contributed by atoms with Crippen molar-refractivity contribution >= 4 is 22.9 Å². The lowest BCUT2D eigenvalue weighted by Gasteiger charge is -2.16. The van der Waals surface area contributed by atoms with Crippen molar-refractivity contribution in [1.29, 1.82) is 0 Å². The minimum Gasteiger partial charge on any atom is -0.394 e. The number of hydrogen-bond donors (Lipinski definition) is 6. The number of nitrogens with one attached hydrogen (secondary N) is 3. The molecule has 202 valence electrons. The maximum Gasteiger partial charge on any atom is 0.354 e. The summed E-state index contributed by atoms with van der Waals surface area (Å²) in [7, 11) is 0. The predicted octanol–water partition coefficient (Wildman–Crippen LogP) is 1.01. The summed E-state index contributed by atoms with van der Waals surface area (Å²) in [5.74, 6) is -0.163. The molecule has 3 rings (SSSR count). The molecule has 2 heterocycles. The van der Waals surface area contributed by atoms with E-state index in [4.69, 9.17) is 11.5 Å². The number of fused-ring (bicyclic) bond motifs is 1. The highest BCUT2D eigenvalue weighted by Crippen LogP contribution is 2.16. The van der Waals surface area contributed by atoms with Gasteiger partial charge in [-0.1, -0.05) is 30.4 Å². The Hall–Kier alpha value is -4.22. The molecular weight excluding hydrogens is 484 g/mol. The Morgan fingerprint density at radius 1 is 1.26 bits per heavy atom. The molecular formula is C27H36N8O3. The average Bonchev–Trinajstić information content (AvgIpc) is 3.29. The van der Waals surface area contributed by atoms with Gasteiger partial charge in [0.05, 0.1) is 18.3 Å². The fourth-order valence-electron chi connectivity index (χ4n) is 3.94. The van der Waals surface area contributed by atoms with Crippen LogP contribution in [0.2, 0.25) is 0 Å². The fraction of sp³-hybridized carbons (Fsp3) is 0.333. The molecule has 1 amide bonds. The maximum absolute atomic E-state index is 12.7. The number of benzene rings is 1. The number of H-pyrrole nitrogens is 1. The van der Waals surface area contributed by atoms with E-state index in [0.29, 0.717) is 36.4 Å². The summed E-state index contributed by atoms with van der Waals surface area (Å²) in [4.78, 5) is 36.5. The number of aromatic amines is 1. The molecule has 0 aliphatic rings. The number of aliphatic hydroxyl groups excluding tert-OH is 1. The van der Waals surface area contributed by atoms with Crippen molar-refractivity contribution in [3.05, 3.63) is 82.1 Å². The Morgan fingerprint density at radius 2 is 2.03 bits per heavy atom. The monoisotopic (exact) mass is 520 g/mol. The molecule has 0 saturated heterocycles. The van der Waals surface area contributed by atoms with E-state index in [1.54, 1.807) is 31.3 Å². The third kappa shape index (κ3) is 7.89. The van der Waals surface area contributed by atoms with Crippen molar-refractivity contribution in [2.75, 3.05) is 19.7 Å². The van der Waals surface area contributed by atoms with Crippen molar-refractivity contribution in [3.8, 4) is 5.69 Å². The predicted molar refractivity (Wildman–Crippen MR) is 150 cm³/mol. The van der Waals surface area contributed by atoms with E-state index >= 15 is 0 Å². The Labute approximate surface area is 221 Å². The summed E-state index contributed by atoms with van der Waals surface area (Å²) in [5.41, 5.74) is 13.7. The van der Waals surface area contributed by atoms with Crippen molar-refractivity contribution in [3.63, 3.8) is 0 Å². The molecule has 0 radical (unpaired) electrons. The summed E-state index contributed by atoms with van der Waals surface area (Å²) in [6.07, 6.45) is 8.13. The summed E-state index contributed by atoms with van der Waals surface area (Å²) >= 11 is 0. The van der Waals surface area contributed by atoms with Gasteiger partial charge < -0.3 is 32.2 Å². The van der Waals surface area contributed by atoms with Gasteiger partial charge in [0.15, 0.2) is 5.96 Å². The zero-order chi connectivity index (χ0) is 27.5. The number of aromatic nitrogens is 3. The first-order valence-corrected chi connectivity index (χ1v) is 12.5. The molecule has 0 saturated carbocycles. The highest BCUT2D eigenvalue weighted by atomic mass is 16.3. The van der Waals surface area contributed by atoms with E-state index in [1.807, 2.05) is 37.3 Å². The zero-order valence-corrected chi connectivity index (χ0v) is 21.8. The lowest BCUT2D eigenvalue weighted by molar-refractivity contribution is -0.118. The van der Waals surface area contributed by atoms with Gasteiger partial charge in [-0.3, -0.25) is 14.4 Å². The molecule has 2 aromatic heterocycles. The van der Waals surface area contributed by atoms with Gasteiger partial charge in [0, 0.05) is 42.4 Å². The number of aliphatic imine (C=N–C) groups is 1. The van der Waals surface area contributed by atoms with E-state index in [0.717, 1.165) is 29.6 Å². The van der Waals surface area contributed by atoms with Gasteiger partial charge in [0.1, 0.15) is 5.65 Å². The van der Waals surface area contributed by atoms with E-state index < -0.39 is 11.7 Å². The number of hydrogen-bond acceptors (Lipinski definition) is 6. The van der Waals surface area contributed by atoms with E-state index in [2.05, 4.69) is 25.6 Å². The van der Waals surface area contributed by atoms with Crippen LogP contribution in [0.5, 0.6) is 0 Å². The van der Waals surface area contributed by atoms with Crippen LogP contribution in [0.25, 0.3) is 16.7 Å².